The van der Waals surface area contributed by atoms with E-state index in [2.05, 4.69) is 9.98 Å². The van der Waals surface area contributed by atoms with Crippen molar-refractivity contribution >= 4 is 23.7 Å². The molecule has 0 aliphatic rings. The van der Waals surface area contributed by atoms with Gasteiger partial charge in [0, 0.05) is 11.1 Å². The molecular weight excluding hydrogens is 308 g/mol. The molecule has 0 radical (unpaired) electrons. The first-order valence-electron chi connectivity index (χ1n) is 6.85. The number of hydrogen-bond acceptors (Lipinski definition) is 2. The summed E-state index contributed by atoms with van der Waals surface area (Å²) in [4.78, 5) is 30.5. The summed E-state index contributed by atoms with van der Waals surface area (Å²) < 4.78 is 0. The van der Waals surface area contributed by atoms with Crippen molar-refractivity contribution in [1.29, 1.82) is 0 Å². The Morgan fingerprint density at radius 2 is 1.21 bits per heavy atom. The normalized spacial score (nSPS) is 9.83. The van der Waals surface area contributed by atoms with E-state index < -0.39 is 11.8 Å². The average Bonchev–Trinajstić information content (AvgIpc) is 2.54. The van der Waals surface area contributed by atoms with E-state index in [-0.39, 0.29) is 11.9 Å². The molecule has 0 unspecified atom stereocenters. The quantitative estimate of drug-likeness (QED) is 0.464. The van der Waals surface area contributed by atoms with Crippen LogP contribution in [0.4, 0.5) is 0 Å². The summed E-state index contributed by atoms with van der Waals surface area (Å²) in [7, 11) is 0. The van der Waals surface area contributed by atoms with Gasteiger partial charge in [-0.3, -0.25) is 9.59 Å². The second-order valence-corrected chi connectivity index (χ2v) is 4.84. The number of nitrogens with two attached hydrogens (primary N) is 4. The largest absolute Gasteiger partial charge is 0.370 e. The van der Waals surface area contributed by atoms with Gasteiger partial charge >= 0.3 is 0 Å². The zero-order valence-electron chi connectivity index (χ0n) is 12.6. The smallest absolute Gasteiger partial charge is 0.280 e. The first kappa shape index (κ1) is 16.7. The highest BCUT2D eigenvalue weighted by Crippen LogP contribution is 2.21. The first-order valence-corrected chi connectivity index (χ1v) is 6.85. The summed E-state index contributed by atoms with van der Waals surface area (Å²) in [6.07, 6.45) is 0. The Kier molecular flexibility index (Phi) is 4.90. The first-order chi connectivity index (χ1) is 11.4. The van der Waals surface area contributed by atoms with Crippen molar-refractivity contribution in [3.8, 4) is 11.1 Å². The van der Waals surface area contributed by atoms with Crippen molar-refractivity contribution in [2.45, 2.75) is 0 Å². The van der Waals surface area contributed by atoms with Gasteiger partial charge in [0.15, 0.2) is 11.9 Å². The van der Waals surface area contributed by atoms with Gasteiger partial charge in [0.05, 0.1) is 0 Å². The molecule has 0 atom stereocenters. The van der Waals surface area contributed by atoms with Crippen LogP contribution in [0, 0.1) is 0 Å². The van der Waals surface area contributed by atoms with Crippen LogP contribution in [0.3, 0.4) is 0 Å². The van der Waals surface area contributed by atoms with E-state index in [1.807, 2.05) is 6.07 Å². The zero-order valence-corrected chi connectivity index (χ0v) is 12.6. The SMILES string of the molecule is NC(N)=NC(=O)c1ccc(-c2cccc(C(=O)N=C(N)N)c2)cc1. The Labute approximate surface area is 137 Å². The maximum atomic E-state index is 11.9. The molecule has 2 aromatic rings. The van der Waals surface area contributed by atoms with Crippen LogP contribution in [0.25, 0.3) is 11.1 Å². The van der Waals surface area contributed by atoms with Gasteiger partial charge in [-0.05, 0) is 35.4 Å². The number of aliphatic imine (C=N–C) groups is 2. The number of carbonyl (C=O) groups is 2. The molecule has 8 nitrogen and oxygen atoms in total. The lowest BCUT2D eigenvalue weighted by Crippen LogP contribution is -2.24. The van der Waals surface area contributed by atoms with Crippen LogP contribution in [0.5, 0.6) is 0 Å². The minimum Gasteiger partial charge on any atom is -0.370 e. The second-order valence-electron chi connectivity index (χ2n) is 4.84. The highest BCUT2D eigenvalue weighted by Gasteiger charge is 2.08. The fraction of sp³-hybridized carbons (Fsp3) is 0. The molecule has 0 spiro atoms. The lowest BCUT2D eigenvalue weighted by Gasteiger charge is -2.04. The third-order valence-corrected chi connectivity index (χ3v) is 3.04. The summed E-state index contributed by atoms with van der Waals surface area (Å²) in [5.41, 5.74) is 23.0. The van der Waals surface area contributed by atoms with Gasteiger partial charge in [0.25, 0.3) is 11.8 Å². The van der Waals surface area contributed by atoms with E-state index in [0.29, 0.717) is 11.1 Å². The molecule has 0 aliphatic carbocycles. The van der Waals surface area contributed by atoms with Crippen molar-refractivity contribution in [2.75, 3.05) is 0 Å². The maximum Gasteiger partial charge on any atom is 0.280 e. The van der Waals surface area contributed by atoms with Crippen molar-refractivity contribution in [3.63, 3.8) is 0 Å². The van der Waals surface area contributed by atoms with Crippen molar-refractivity contribution in [1.82, 2.24) is 0 Å². The van der Waals surface area contributed by atoms with Crippen LogP contribution in [0.15, 0.2) is 58.5 Å². The highest BCUT2D eigenvalue weighted by atomic mass is 16.1. The maximum absolute atomic E-state index is 11.9. The van der Waals surface area contributed by atoms with E-state index in [4.69, 9.17) is 22.9 Å². The number of rotatable bonds is 3. The average molecular weight is 324 g/mol. The van der Waals surface area contributed by atoms with E-state index in [1.54, 1.807) is 42.5 Å². The Bertz CT molecular complexity index is 832. The minimum absolute atomic E-state index is 0.296. The summed E-state index contributed by atoms with van der Waals surface area (Å²) in [5, 5.41) is 0. The van der Waals surface area contributed by atoms with E-state index in [0.717, 1.165) is 11.1 Å². The molecule has 0 bridgehead atoms. The fourth-order valence-corrected chi connectivity index (χ4v) is 2.00. The molecule has 8 heteroatoms. The molecule has 0 heterocycles. The second kappa shape index (κ2) is 7.05. The Balaban J connectivity index is 2.30. The van der Waals surface area contributed by atoms with E-state index >= 15 is 0 Å². The minimum atomic E-state index is -0.531. The van der Waals surface area contributed by atoms with Gasteiger partial charge in [0.2, 0.25) is 0 Å². The molecule has 0 saturated carbocycles. The van der Waals surface area contributed by atoms with Crippen LogP contribution in [-0.2, 0) is 0 Å². The van der Waals surface area contributed by atoms with Gasteiger partial charge in [-0.2, -0.15) is 9.98 Å². The third-order valence-electron chi connectivity index (χ3n) is 3.04. The third kappa shape index (κ3) is 4.17. The number of amides is 2. The monoisotopic (exact) mass is 324 g/mol. The Morgan fingerprint density at radius 3 is 1.75 bits per heavy atom. The summed E-state index contributed by atoms with van der Waals surface area (Å²) >= 11 is 0. The number of benzene rings is 2. The molecule has 0 fully saturated rings. The lowest BCUT2D eigenvalue weighted by molar-refractivity contribution is 0.0994. The predicted octanol–water partition coefficient (Wildman–Crippen LogP) is 0.181. The van der Waals surface area contributed by atoms with Gasteiger partial charge < -0.3 is 22.9 Å². The van der Waals surface area contributed by atoms with Crippen LogP contribution in [-0.4, -0.2) is 23.7 Å². The summed E-state index contributed by atoms with van der Waals surface area (Å²) in [6, 6.07) is 13.4. The fourth-order valence-electron chi connectivity index (χ4n) is 2.00. The standard InChI is InChI=1S/C16H16N6O2/c17-15(18)21-13(23)10-6-4-9(5-7-10)11-2-1-3-12(8-11)14(24)22-16(19)20/h1-8H,(H4,17,18,21,23)(H4,19,20,22,24). The molecule has 24 heavy (non-hydrogen) atoms. The van der Waals surface area contributed by atoms with Crippen LogP contribution >= 0.6 is 0 Å². The van der Waals surface area contributed by atoms with Crippen LogP contribution < -0.4 is 22.9 Å². The van der Waals surface area contributed by atoms with Crippen molar-refractivity contribution in [3.05, 3.63) is 59.7 Å². The summed E-state index contributed by atoms with van der Waals surface area (Å²) in [5.74, 6) is -1.65. The molecule has 2 amide bonds. The number of nitrogens with zero attached hydrogens (tertiary/aromatic N) is 2. The predicted molar refractivity (Wildman–Crippen MR) is 92.2 cm³/mol. The molecular formula is C16H16N6O2. The number of carbonyl (C=O) groups excluding carboxylic acids is 2. The molecule has 0 aromatic heterocycles. The molecule has 8 N–H and O–H groups in total. The molecule has 2 aromatic carbocycles. The lowest BCUT2D eigenvalue weighted by atomic mass is 10.0. The molecule has 122 valence electrons. The Hall–Kier alpha value is -3.68. The van der Waals surface area contributed by atoms with E-state index in [1.165, 1.54) is 0 Å². The number of hydrogen-bond donors (Lipinski definition) is 4. The zero-order chi connectivity index (χ0) is 17.7. The van der Waals surface area contributed by atoms with Crippen LogP contribution in [0.2, 0.25) is 0 Å². The molecule has 0 saturated heterocycles. The van der Waals surface area contributed by atoms with Gasteiger partial charge in [-0.25, -0.2) is 0 Å². The van der Waals surface area contributed by atoms with Crippen LogP contribution in [0.1, 0.15) is 20.7 Å². The Morgan fingerprint density at radius 1 is 0.667 bits per heavy atom. The van der Waals surface area contributed by atoms with Crippen molar-refractivity contribution < 1.29 is 9.59 Å². The van der Waals surface area contributed by atoms with Gasteiger partial charge in [-0.1, -0.05) is 24.3 Å². The highest BCUT2D eigenvalue weighted by molar-refractivity contribution is 6.03. The number of guanidine groups is 2. The van der Waals surface area contributed by atoms with Gasteiger partial charge in [-0.15, -0.1) is 0 Å². The van der Waals surface area contributed by atoms with Crippen molar-refractivity contribution in [2.24, 2.45) is 32.9 Å². The summed E-state index contributed by atoms with van der Waals surface area (Å²) in [6.45, 7) is 0. The van der Waals surface area contributed by atoms with Gasteiger partial charge in [0.1, 0.15) is 0 Å². The molecule has 0 aliphatic heterocycles. The van der Waals surface area contributed by atoms with E-state index in [9.17, 15) is 9.59 Å². The molecule has 2 rings (SSSR count). The topological polar surface area (TPSA) is 163 Å².